The highest BCUT2D eigenvalue weighted by Gasteiger charge is 2.13. The summed E-state index contributed by atoms with van der Waals surface area (Å²) in [4.78, 5) is 16.2. The second kappa shape index (κ2) is 5.78. The van der Waals surface area contributed by atoms with Crippen LogP contribution in [-0.4, -0.2) is 45.6 Å². The number of pyridine rings is 1. The van der Waals surface area contributed by atoms with E-state index in [0.29, 0.717) is 23.2 Å². The van der Waals surface area contributed by atoms with Crippen molar-refractivity contribution in [2.45, 2.75) is 13.5 Å². The fourth-order valence-electron chi connectivity index (χ4n) is 2.31. The van der Waals surface area contributed by atoms with Crippen LogP contribution in [0.4, 0.5) is 0 Å². The second-order valence-corrected chi connectivity index (χ2v) is 5.37. The molecule has 1 N–H and O–H groups in total. The molecule has 4 heterocycles. The van der Waals surface area contributed by atoms with Gasteiger partial charge in [-0.2, -0.15) is 4.98 Å². The number of carbonyl (C=O) groups excluding carboxylic acids is 1. The lowest BCUT2D eigenvalue weighted by molar-refractivity contribution is 0.0944. The molecule has 126 valence electrons. The molecule has 0 aliphatic carbocycles. The largest absolute Gasteiger partial charge is 0.343 e. The fourth-order valence-corrected chi connectivity index (χ4v) is 2.31. The predicted molar refractivity (Wildman–Crippen MR) is 83.2 cm³/mol. The number of aryl methyl sites for hydroxylation is 2. The maximum atomic E-state index is 12.0. The third-order valence-corrected chi connectivity index (χ3v) is 3.50. The minimum atomic E-state index is -0.331. The Morgan fingerprint density at radius 3 is 2.92 bits per heavy atom. The molecule has 0 saturated heterocycles. The van der Waals surface area contributed by atoms with Crippen molar-refractivity contribution in [1.82, 2.24) is 45.0 Å². The van der Waals surface area contributed by atoms with Gasteiger partial charge in [-0.15, -0.1) is 15.3 Å². The van der Waals surface area contributed by atoms with Crippen LogP contribution in [0.2, 0.25) is 0 Å². The molecule has 0 spiro atoms. The summed E-state index contributed by atoms with van der Waals surface area (Å²) in [6.45, 7) is 1.95. The molecule has 0 bridgehead atoms. The van der Waals surface area contributed by atoms with Crippen LogP contribution in [0.25, 0.3) is 17.1 Å². The lowest BCUT2D eigenvalue weighted by atomic mass is 10.2. The third kappa shape index (κ3) is 2.82. The van der Waals surface area contributed by atoms with E-state index in [4.69, 9.17) is 4.52 Å². The van der Waals surface area contributed by atoms with Crippen LogP contribution in [0.1, 0.15) is 22.1 Å². The van der Waals surface area contributed by atoms with E-state index in [1.807, 2.05) is 6.07 Å². The first-order chi connectivity index (χ1) is 12.1. The minimum absolute atomic E-state index is 0.204. The van der Waals surface area contributed by atoms with Crippen molar-refractivity contribution in [3.05, 3.63) is 41.9 Å². The number of hydrogen-bond acceptors (Lipinski definition) is 8. The van der Waals surface area contributed by atoms with Crippen LogP contribution in [-0.2, 0) is 13.6 Å². The molecule has 0 unspecified atom stereocenters. The standard InChI is InChI=1S/C14H13N9O2/c1-8-16-14(25-20-8)9-3-4-23-11(5-9)18-19-12(23)6-15-13(24)10-7-22(2)21-17-10/h3-5,7H,6H2,1-2H3,(H,15,24). The van der Waals surface area contributed by atoms with Crippen LogP contribution in [0, 0.1) is 6.92 Å². The minimum Gasteiger partial charge on any atom is -0.343 e. The van der Waals surface area contributed by atoms with Crippen molar-refractivity contribution in [2.75, 3.05) is 0 Å². The van der Waals surface area contributed by atoms with Gasteiger partial charge in [-0.1, -0.05) is 10.4 Å². The molecule has 0 aliphatic heterocycles. The summed E-state index contributed by atoms with van der Waals surface area (Å²) >= 11 is 0. The van der Waals surface area contributed by atoms with E-state index in [-0.39, 0.29) is 18.1 Å². The topological polar surface area (TPSA) is 129 Å². The number of fused-ring (bicyclic) bond motifs is 1. The van der Waals surface area contributed by atoms with Gasteiger partial charge >= 0.3 is 0 Å². The van der Waals surface area contributed by atoms with Crippen molar-refractivity contribution < 1.29 is 9.32 Å². The molecule has 1 amide bonds. The third-order valence-electron chi connectivity index (χ3n) is 3.50. The number of aromatic nitrogens is 8. The van der Waals surface area contributed by atoms with Gasteiger partial charge in [0, 0.05) is 18.8 Å². The maximum absolute atomic E-state index is 12.0. The highest BCUT2D eigenvalue weighted by atomic mass is 16.5. The highest BCUT2D eigenvalue weighted by Crippen LogP contribution is 2.18. The molecular weight excluding hydrogens is 326 g/mol. The van der Waals surface area contributed by atoms with Gasteiger partial charge in [0.15, 0.2) is 23.0 Å². The van der Waals surface area contributed by atoms with Crippen LogP contribution < -0.4 is 5.32 Å². The van der Waals surface area contributed by atoms with Crippen LogP contribution >= 0.6 is 0 Å². The summed E-state index contributed by atoms with van der Waals surface area (Å²) in [7, 11) is 1.69. The molecule has 0 atom stereocenters. The molecule has 4 rings (SSSR count). The average molecular weight is 339 g/mol. The Bertz CT molecular complexity index is 1060. The van der Waals surface area contributed by atoms with Crippen molar-refractivity contribution in [3.63, 3.8) is 0 Å². The monoisotopic (exact) mass is 339 g/mol. The number of rotatable bonds is 4. The fraction of sp³-hybridized carbons (Fsp3) is 0.214. The van der Waals surface area contributed by atoms with E-state index >= 15 is 0 Å². The summed E-state index contributed by atoms with van der Waals surface area (Å²) in [6, 6.07) is 3.60. The van der Waals surface area contributed by atoms with Gasteiger partial charge in [0.1, 0.15) is 0 Å². The molecule has 0 radical (unpaired) electrons. The number of nitrogens with one attached hydrogen (secondary N) is 1. The van der Waals surface area contributed by atoms with Gasteiger partial charge in [-0.05, 0) is 19.1 Å². The van der Waals surface area contributed by atoms with Gasteiger partial charge in [0.2, 0.25) is 0 Å². The first-order valence-electron chi connectivity index (χ1n) is 7.39. The Morgan fingerprint density at radius 1 is 1.32 bits per heavy atom. The Hall–Kier alpha value is -3.63. The zero-order chi connectivity index (χ0) is 17.4. The zero-order valence-electron chi connectivity index (χ0n) is 13.4. The number of hydrogen-bond donors (Lipinski definition) is 1. The van der Waals surface area contributed by atoms with Gasteiger partial charge in [-0.3, -0.25) is 13.9 Å². The van der Waals surface area contributed by atoms with E-state index in [2.05, 4.69) is 36.0 Å². The van der Waals surface area contributed by atoms with E-state index in [1.165, 1.54) is 10.9 Å². The number of amides is 1. The second-order valence-electron chi connectivity index (χ2n) is 5.37. The Balaban J connectivity index is 1.54. The van der Waals surface area contributed by atoms with Crippen molar-refractivity contribution in [1.29, 1.82) is 0 Å². The molecule has 11 nitrogen and oxygen atoms in total. The first-order valence-corrected chi connectivity index (χ1v) is 7.39. The lowest BCUT2D eigenvalue weighted by Crippen LogP contribution is -2.24. The Kier molecular flexibility index (Phi) is 3.45. The summed E-state index contributed by atoms with van der Waals surface area (Å²) in [5, 5.41) is 22.2. The van der Waals surface area contributed by atoms with Crippen LogP contribution in [0.15, 0.2) is 29.0 Å². The SMILES string of the molecule is Cc1noc(-c2ccn3c(CNC(=O)c4cn(C)nn4)nnc3c2)n1. The Labute approximate surface area is 140 Å². The molecule has 11 heteroatoms. The van der Waals surface area contributed by atoms with E-state index in [1.54, 1.807) is 30.6 Å². The molecule has 0 saturated carbocycles. The summed E-state index contributed by atoms with van der Waals surface area (Å²) in [6.07, 6.45) is 3.32. The van der Waals surface area contributed by atoms with Crippen molar-refractivity contribution in [3.8, 4) is 11.5 Å². The van der Waals surface area contributed by atoms with Crippen molar-refractivity contribution >= 4 is 11.6 Å². The Morgan fingerprint density at radius 2 is 2.20 bits per heavy atom. The number of carbonyl (C=O) groups is 1. The molecule has 4 aromatic rings. The van der Waals surface area contributed by atoms with Crippen molar-refractivity contribution in [2.24, 2.45) is 7.05 Å². The van der Waals surface area contributed by atoms with Gasteiger partial charge in [-0.25, -0.2) is 0 Å². The van der Waals surface area contributed by atoms with Gasteiger partial charge in [0.05, 0.1) is 12.7 Å². The quantitative estimate of drug-likeness (QED) is 0.556. The molecule has 4 aromatic heterocycles. The normalized spacial score (nSPS) is 11.1. The predicted octanol–water partition coefficient (Wildman–Crippen LogP) is 0.146. The first kappa shape index (κ1) is 14.9. The average Bonchev–Trinajstić information content (AvgIpc) is 3.32. The summed E-state index contributed by atoms with van der Waals surface area (Å²) in [5.74, 6) is 1.23. The lowest BCUT2D eigenvalue weighted by Gasteiger charge is -2.02. The molecule has 0 aliphatic rings. The smallest absolute Gasteiger partial charge is 0.273 e. The van der Waals surface area contributed by atoms with E-state index < -0.39 is 0 Å². The van der Waals surface area contributed by atoms with Crippen LogP contribution in [0.3, 0.4) is 0 Å². The molecule has 0 fully saturated rings. The highest BCUT2D eigenvalue weighted by molar-refractivity contribution is 5.91. The number of nitrogens with zero attached hydrogens (tertiary/aromatic N) is 8. The zero-order valence-corrected chi connectivity index (χ0v) is 13.4. The van der Waals surface area contributed by atoms with Gasteiger partial charge < -0.3 is 9.84 Å². The van der Waals surface area contributed by atoms with Gasteiger partial charge in [0.25, 0.3) is 11.8 Å². The molecule has 25 heavy (non-hydrogen) atoms. The molecular formula is C14H13N9O2. The van der Waals surface area contributed by atoms with E-state index in [0.717, 1.165) is 5.56 Å². The summed E-state index contributed by atoms with van der Waals surface area (Å²) in [5.41, 5.74) is 1.60. The van der Waals surface area contributed by atoms with Crippen LogP contribution in [0.5, 0.6) is 0 Å². The molecule has 0 aromatic carbocycles. The summed E-state index contributed by atoms with van der Waals surface area (Å²) < 4.78 is 8.37. The maximum Gasteiger partial charge on any atom is 0.273 e. The van der Waals surface area contributed by atoms with E-state index in [9.17, 15) is 4.79 Å².